The molecular formula is C24H49Na2O4P. The van der Waals surface area contributed by atoms with Gasteiger partial charge in [0.1, 0.15) is 0 Å². The maximum absolute atomic E-state index is 10.8. The van der Waals surface area contributed by atoms with Crippen molar-refractivity contribution in [3.8, 4) is 0 Å². The van der Waals surface area contributed by atoms with Crippen LogP contribution < -0.4 is 68.9 Å². The molecule has 0 aromatic heterocycles. The van der Waals surface area contributed by atoms with Crippen LogP contribution in [0.25, 0.3) is 0 Å². The van der Waals surface area contributed by atoms with Crippen LogP contribution in [0.15, 0.2) is 0 Å². The monoisotopic (exact) mass is 478 g/mol. The zero-order valence-corrected chi connectivity index (χ0v) is 26.4. The summed E-state index contributed by atoms with van der Waals surface area (Å²) in [5, 5.41) is 0. The zero-order valence-electron chi connectivity index (χ0n) is 21.5. The number of hydrogen-bond acceptors (Lipinski definition) is 4. The Balaban J connectivity index is -0.00000392. The van der Waals surface area contributed by atoms with Crippen molar-refractivity contribution in [1.29, 1.82) is 0 Å². The van der Waals surface area contributed by atoms with Crippen LogP contribution in [-0.2, 0) is 9.09 Å². The van der Waals surface area contributed by atoms with Crippen molar-refractivity contribution in [1.82, 2.24) is 0 Å². The molecule has 0 aromatic rings. The van der Waals surface area contributed by atoms with E-state index in [-0.39, 0.29) is 71.6 Å². The van der Waals surface area contributed by atoms with E-state index in [1.54, 1.807) is 0 Å². The molecular weight excluding hydrogens is 429 g/mol. The molecule has 0 fully saturated rings. The molecule has 0 aliphatic carbocycles. The van der Waals surface area contributed by atoms with Crippen LogP contribution in [-0.4, -0.2) is 6.61 Å². The van der Waals surface area contributed by atoms with E-state index >= 15 is 0 Å². The van der Waals surface area contributed by atoms with Crippen molar-refractivity contribution < 1.29 is 78.0 Å². The average Bonchev–Trinajstić information content (AvgIpc) is 2.68. The molecule has 0 bridgehead atoms. The quantitative estimate of drug-likeness (QED) is 0.126. The van der Waals surface area contributed by atoms with E-state index in [1.165, 1.54) is 103 Å². The molecule has 0 aromatic carbocycles. The van der Waals surface area contributed by atoms with E-state index in [1.807, 2.05) is 0 Å². The van der Waals surface area contributed by atoms with E-state index in [2.05, 4.69) is 18.4 Å². The summed E-state index contributed by atoms with van der Waals surface area (Å²) >= 11 is 0. The number of rotatable bonds is 23. The molecule has 0 radical (unpaired) electrons. The molecule has 7 heteroatoms. The molecule has 0 saturated heterocycles. The van der Waals surface area contributed by atoms with Gasteiger partial charge >= 0.3 is 59.1 Å². The minimum atomic E-state index is -4.85. The third-order valence-corrected chi connectivity index (χ3v) is 6.37. The van der Waals surface area contributed by atoms with Gasteiger partial charge in [0.2, 0.25) is 0 Å². The molecule has 176 valence electrons. The second-order valence-corrected chi connectivity index (χ2v) is 10.00. The van der Waals surface area contributed by atoms with Crippen LogP contribution in [0.3, 0.4) is 0 Å². The fourth-order valence-electron chi connectivity index (χ4n) is 4.00. The average molecular weight is 479 g/mol. The molecule has 1 atom stereocenters. The molecule has 0 rings (SSSR count). The van der Waals surface area contributed by atoms with Crippen molar-refractivity contribution in [3.05, 3.63) is 0 Å². The molecule has 0 aliphatic heterocycles. The van der Waals surface area contributed by atoms with Crippen LogP contribution in [0.1, 0.15) is 142 Å². The third kappa shape index (κ3) is 32.1. The second kappa shape index (κ2) is 28.3. The van der Waals surface area contributed by atoms with E-state index < -0.39 is 7.82 Å². The van der Waals surface area contributed by atoms with Gasteiger partial charge in [0.15, 0.2) is 0 Å². The van der Waals surface area contributed by atoms with Crippen molar-refractivity contribution in [2.75, 3.05) is 6.61 Å². The summed E-state index contributed by atoms with van der Waals surface area (Å²) in [5.74, 6) is 0.209. The summed E-state index contributed by atoms with van der Waals surface area (Å²) in [7, 11) is -4.85. The number of unbranched alkanes of at least 4 members (excludes halogenated alkanes) is 16. The molecule has 0 heterocycles. The molecule has 0 N–H and O–H groups in total. The maximum atomic E-state index is 10.8. The predicted octanol–water partition coefficient (Wildman–Crippen LogP) is 1.30. The first-order valence-electron chi connectivity index (χ1n) is 12.7. The first-order valence-corrected chi connectivity index (χ1v) is 14.1. The Labute approximate surface area is 238 Å². The van der Waals surface area contributed by atoms with E-state index in [0.717, 1.165) is 25.7 Å². The fraction of sp³-hybridized carbons (Fsp3) is 1.00. The summed E-state index contributed by atoms with van der Waals surface area (Å²) in [6, 6.07) is 0. The Bertz CT molecular complexity index is 381. The van der Waals surface area contributed by atoms with Crippen LogP contribution in [0.5, 0.6) is 0 Å². The van der Waals surface area contributed by atoms with Gasteiger partial charge in [-0.25, -0.2) is 0 Å². The summed E-state index contributed by atoms with van der Waals surface area (Å²) < 4.78 is 15.4. The largest absolute Gasteiger partial charge is 1.00 e. The fourth-order valence-corrected chi connectivity index (χ4v) is 4.39. The number of hydrogen-bond donors (Lipinski definition) is 0. The molecule has 0 aliphatic rings. The van der Waals surface area contributed by atoms with Gasteiger partial charge in [-0.1, -0.05) is 129 Å². The zero-order chi connectivity index (χ0) is 21.6. The Morgan fingerprint density at radius 3 is 1.16 bits per heavy atom. The summed E-state index contributed by atoms with van der Waals surface area (Å²) in [6.07, 6.45) is 25.1. The van der Waals surface area contributed by atoms with Crippen LogP contribution in [0.4, 0.5) is 0 Å². The van der Waals surface area contributed by atoms with Crippen molar-refractivity contribution in [2.45, 2.75) is 142 Å². The minimum absolute atomic E-state index is 0. The van der Waals surface area contributed by atoms with Crippen molar-refractivity contribution in [3.63, 3.8) is 0 Å². The predicted molar refractivity (Wildman–Crippen MR) is 121 cm³/mol. The first kappa shape index (κ1) is 37.7. The maximum Gasteiger partial charge on any atom is 1.00 e. The topological polar surface area (TPSA) is 72.4 Å². The number of phosphoric ester groups is 1. The Morgan fingerprint density at radius 1 is 0.581 bits per heavy atom. The van der Waals surface area contributed by atoms with Crippen molar-refractivity contribution in [2.24, 2.45) is 5.92 Å². The van der Waals surface area contributed by atoms with Gasteiger partial charge in [-0.2, -0.15) is 0 Å². The standard InChI is InChI=1S/C24H51O4P.2Na/c1-3-5-7-9-11-13-14-16-18-20-22-24(23-28-29(25,26)27)21-19-17-15-12-10-8-6-4-2;;/h24H,3-23H2,1-2H3,(H2,25,26,27);;/q;2*+1/p-2. The summed E-state index contributed by atoms with van der Waals surface area (Å²) in [5.41, 5.74) is 0. The molecule has 0 spiro atoms. The molecule has 4 nitrogen and oxygen atoms in total. The molecule has 0 saturated carbocycles. The Morgan fingerprint density at radius 2 is 0.871 bits per heavy atom. The Hall–Kier alpha value is 2.11. The summed E-state index contributed by atoms with van der Waals surface area (Å²) in [4.78, 5) is 21.7. The Kier molecular flexibility index (Phi) is 34.4. The van der Waals surface area contributed by atoms with Gasteiger partial charge < -0.3 is 18.9 Å². The minimum Gasteiger partial charge on any atom is -0.790 e. The smallest absolute Gasteiger partial charge is 0.790 e. The van der Waals surface area contributed by atoms with Gasteiger partial charge in [0.25, 0.3) is 0 Å². The van der Waals surface area contributed by atoms with Gasteiger partial charge in [0, 0.05) is 0 Å². The normalized spacial score (nSPS) is 12.3. The summed E-state index contributed by atoms with van der Waals surface area (Å²) in [6.45, 7) is 4.57. The molecule has 31 heavy (non-hydrogen) atoms. The van der Waals surface area contributed by atoms with E-state index in [9.17, 15) is 14.4 Å². The van der Waals surface area contributed by atoms with Gasteiger partial charge in [-0.3, -0.25) is 0 Å². The van der Waals surface area contributed by atoms with Crippen molar-refractivity contribution >= 4 is 7.82 Å². The van der Waals surface area contributed by atoms with E-state index in [4.69, 9.17) is 0 Å². The van der Waals surface area contributed by atoms with Gasteiger partial charge in [-0.05, 0) is 18.8 Å². The third-order valence-electron chi connectivity index (χ3n) is 5.90. The number of phosphoric acid groups is 1. The molecule has 1 unspecified atom stereocenters. The second-order valence-electron chi connectivity index (χ2n) is 8.84. The van der Waals surface area contributed by atoms with E-state index in [0.29, 0.717) is 0 Å². The SMILES string of the molecule is CCCCCCCCCCCCC(CCCCCCCCCC)COP(=O)([O-])[O-].[Na+].[Na+]. The van der Waals surface area contributed by atoms with Crippen LogP contribution in [0.2, 0.25) is 0 Å². The van der Waals surface area contributed by atoms with Gasteiger partial charge in [0.05, 0.1) is 14.4 Å². The van der Waals surface area contributed by atoms with Gasteiger partial charge in [-0.15, -0.1) is 0 Å². The van der Waals surface area contributed by atoms with Crippen LogP contribution >= 0.6 is 7.82 Å². The first-order chi connectivity index (χ1) is 14.0. The molecule has 0 amide bonds. The van der Waals surface area contributed by atoms with Crippen LogP contribution in [0, 0.1) is 5.92 Å².